The molecule has 0 saturated carbocycles. The van der Waals surface area contributed by atoms with Gasteiger partial charge in [-0.15, -0.1) is 21.5 Å². The Kier molecular flexibility index (Phi) is 5.08. The summed E-state index contributed by atoms with van der Waals surface area (Å²) < 4.78 is 1.67. The van der Waals surface area contributed by atoms with Gasteiger partial charge in [0.2, 0.25) is 5.13 Å². The zero-order valence-corrected chi connectivity index (χ0v) is 16.3. The van der Waals surface area contributed by atoms with Crippen molar-refractivity contribution in [3.8, 4) is 16.3 Å². The molecule has 0 aliphatic rings. The van der Waals surface area contributed by atoms with Crippen molar-refractivity contribution in [2.45, 2.75) is 19.8 Å². The van der Waals surface area contributed by atoms with Gasteiger partial charge in [-0.2, -0.15) is 5.10 Å². The maximum atomic E-state index is 12.9. The average molecular weight is 396 g/mol. The zero-order valence-electron chi connectivity index (χ0n) is 14.6. The van der Waals surface area contributed by atoms with Gasteiger partial charge in [0.1, 0.15) is 16.4 Å². The number of nitrogens with zero attached hydrogens (tertiary/aromatic N) is 4. The van der Waals surface area contributed by atoms with Gasteiger partial charge in [0.05, 0.1) is 10.6 Å². The second-order valence-electron chi connectivity index (χ2n) is 5.84. The molecule has 0 aliphatic heterocycles. The number of anilines is 1. The molecule has 0 bridgehead atoms. The highest BCUT2D eigenvalue weighted by Gasteiger charge is 2.19. The van der Waals surface area contributed by atoms with Crippen LogP contribution < -0.4 is 5.32 Å². The van der Waals surface area contributed by atoms with Crippen molar-refractivity contribution in [2.24, 2.45) is 0 Å². The molecule has 0 saturated heterocycles. The van der Waals surface area contributed by atoms with Gasteiger partial charge in [0, 0.05) is 6.42 Å². The second-order valence-corrected chi connectivity index (χ2v) is 7.85. The van der Waals surface area contributed by atoms with Crippen LogP contribution in [0.5, 0.6) is 0 Å². The van der Waals surface area contributed by atoms with Crippen molar-refractivity contribution in [3.05, 3.63) is 64.6 Å². The van der Waals surface area contributed by atoms with Crippen LogP contribution in [0.15, 0.2) is 53.9 Å². The van der Waals surface area contributed by atoms with E-state index in [4.69, 9.17) is 0 Å². The smallest absolute Gasteiger partial charge is 0.276 e. The van der Waals surface area contributed by atoms with E-state index in [9.17, 15) is 4.79 Å². The van der Waals surface area contributed by atoms with E-state index >= 15 is 0 Å². The summed E-state index contributed by atoms with van der Waals surface area (Å²) in [5, 5.41) is 19.1. The Morgan fingerprint density at radius 2 is 2.00 bits per heavy atom. The monoisotopic (exact) mass is 395 g/mol. The van der Waals surface area contributed by atoms with Crippen LogP contribution in [0.2, 0.25) is 0 Å². The quantitative estimate of drug-likeness (QED) is 0.515. The third kappa shape index (κ3) is 3.81. The molecule has 0 fully saturated rings. The van der Waals surface area contributed by atoms with Crippen molar-refractivity contribution in [3.63, 3.8) is 0 Å². The Labute approximate surface area is 164 Å². The van der Waals surface area contributed by atoms with E-state index in [1.54, 1.807) is 16.0 Å². The van der Waals surface area contributed by atoms with Crippen LogP contribution in [0.4, 0.5) is 5.13 Å². The van der Waals surface area contributed by atoms with Crippen LogP contribution in [0.25, 0.3) is 16.3 Å². The normalized spacial score (nSPS) is 10.9. The van der Waals surface area contributed by atoms with Gasteiger partial charge in [0.25, 0.3) is 5.91 Å². The van der Waals surface area contributed by atoms with E-state index in [0.29, 0.717) is 10.8 Å². The summed E-state index contributed by atoms with van der Waals surface area (Å²) >= 11 is 2.99. The standard InChI is InChI=1S/C19H17N5OS2/c1-2-7-17-21-22-19(27-17)20-18(25)15-12-14(16-10-6-11-26-16)23-24(15)13-8-4-3-5-9-13/h3-6,8-12H,2,7H2,1H3,(H,20,22,25). The number of aromatic nitrogens is 4. The van der Waals surface area contributed by atoms with E-state index in [0.717, 1.165) is 34.1 Å². The molecular formula is C19H17N5OS2. The zero-order chi connectivity index (χ0) is 18.6. The lowest BCUT2D eigenvalue weighted by molar-refractivity contribution is 0.101. The molecule has 0 radical (unpaired) electrons. The summed E-state index contributed by atoms with van der Waals surface area (Å²) in [4.78, 5) is 13.9. The third-order valence-corrected chi connectivity index (χ3v) is 5.66. The van der Waals surface area contributed by atoms with Crippen molar-refractivity contribution < 1.29 is 4.79 Å². The minimum atomic E-state index is -0.256. The predicted molar refractivity (Wildman–Crippen MR) is 109 cm³/mol. The van der Waals surface area contributed by atoms with Crippen LogP contribution in [0, 0.1) is 0 Å². The number of hydrogen-bond donors (Lipinski definition) is 1. The number of carbonyl (C=O) groups is 1. The van der Waals surface area contributed by atoms with Gasteiger partial charge in [0.15, 0.2) is 0 Å². The molecular weight excluding hydrogens is 378 g/mol. The molecule has 0 aliphatic carbocycles. The molecule has 0 atom stereocenters. The Morgan fingerprint density at radius 3 is 2.74 bits per heavy atom. The lowest BCUT2D eigenvalue weighted by atomic mass is 10.3. The molecule has 0 unspecified atom stereocenters. The topological polar surface area (TPSA) is 72.7 Å². The highest BCUT2D eigenvalue weighted by atomic mass is 32.1. The Hall–Kier alpha value is -2.84. The minimum Gasteiger partial charge on any atom is -0.295 e. The molecule has 136 valence electrons. The fraction of sp³-hybridized carbons (Fsp3) is 0.158. The number of rotatable bonds is 6. The maximum Gasteiger partial charge on any atom is 0.276 e. The van der Waals surface area contributed by atoms with E-state index in [-0.39, 0.29) is 5.91 Å². The summed E-state index contributed by atoms with van der Waals surface area (Å²) in [6, 6.07) is 15.4. The summed E-state index contributed by atoms with van der Waals surface area (Å²) in [7, 11) is 0. The average Bonchev–Trinajstić information content (AvgIpc) is 3.43. The molecule has 27 heavy (non-hydrogen) atoms. The molecule has 4 rings (SSSR count). The van der Waals surface area contributed by atoms with Crippen LogP contribution in [0.1, 0.15) is 28.8 Å². The summed E-state index contributed by atoms with van der Waals surface area (Å²) in [6.45, 7) is 2.09. The maximum absolute atomic E-state index is 12.9. The highest BCUT2D eigenvalue weighted by molar-refractivity contribution is 7.15. The molecule has 8 heteroatoms. The van der Waals surface area contributed by atoms with E-state index in [2.05, 4.69) is 27.5 Å². The molecule has 1 N–H and O–H groups in total. The largest absolute Gasteiger partial charge is 0.295 e. The lowest BCUT2D eigenvalue weighted by Gasteiger charge is -2.06. The number of nitrogens with one attached hydrogen (secondary N) is 1. The van der Waals surface area contributed by atoms with Crippen LogP contribution >= 0.6 is 22.7 Å². The molecule has 1 aromatic carbocycles. The second kappa shape index (κ2) is 7.81. The molecule has 0 spiro atoms. The highest BCUT2D eigenvalue weighted by Crippen LogP contribution is 2.26. The minimum absolute atomic E-state index is 0.256. The third-order valence-electron chi connectivity index (χ3n) is 3.87. The van der Waals surface area contributed by atoms with Gasteiger partial charge in [-0.1, -0.05) is 42.5 Å². The SMILES string of the molecule is CCCc1nnc(NC(=O)c2cc(-c3cccs3)nn2-c2ccccc2)s1. The number of thiophene rings is 1. The first-order valence-corrected chi connectivity index (χ1v) is 10.3. The van der Waals surface area contributed by atoms with Crippen molar-refractivity contribution in [2.75, 3.05) is 5.32 Å². The van der Waals surface area contributed by atoms with Gasteiger partial charge < -0.3 is 0 Å². The van der Waals surface area contributed by atoms with Gasteiger partial charge in [-0.25, -0.2) is 4.68 Å². The van der Waals surface area contributed by atoms with E-state index in [1.807, 2.05) is 53.9 Å². The van der Waals surface area contributed by atoms with Crippen molar-refractivity contribution >= 4 is 33.7 Å². The van der Waals surface area contributed by atoms with Crippen molar-refractivity contribution in [1.29, 1.82) is 0 Å². The molecule has 1 amide bonds. The van der Waals surface area contributed by atoms with Gasteiger partial charge in [-0.3, -0.25) is 10.1 Å². The number of amides is 1. The van der Waals surface area contributed by atoms with Crippen LogP contribution in [-0.2, 0) is 6.42 Å². The van der Waals surface area contributed by atoms with Gasteiger partial charge >= 0.3 is 0 Å². The van der Waals surface area contributed by atoms with Gasteiger partial charge in [-0.05, 0) is 36.1 Å². The molecule has 3 aromatic heterocycles. The number of para-hydroxylation sites is 1. The number of benzene rings is 1. The number of hydrogen-bond acceptors (Lipinski definition) is 6. The van der Waals surface area contributed by atoms with E-state index < -0.39 is 0 Å². The fourth-order valence-corrected chi connectivity index (χ4v) is 4.15. The number of carbonyl (C=O) groups excluding carboxylic acids is 1. The Morgan fingerprint density at radius 1 is 1.15 bits per heavy atom. The molecule has 4 aromatic rings. The molecule has 6 nitrogen and oxygen atoms in total. The number of aryl methyl sites for hydroxylation is 1. The summed E-state index contributed by atoms with van der Waals surface area (Å²) in [5.41, 5.74) is 2.05. The fourth-order valence-electron chi connectivity index (χ4n) is 2.63. The van der Waals surface area contributed by atoms with Crippen LogP contribution in [-0.4, -0.2) is 25.9 Å². The van der Waals surface area contributed by atoms with Crippen LogP contribution in [0.3, 0.4) is 0 Å². The Bertz CT molecular complexity index is 1040. The van der Waals surface area contributed by atoms with E-state index in [1.165, 1.54) is 11.3 Å². The Balaban J connectivity index is 1.68. The summed E-state index contributed by atoms with van der Waals surface area (Å²) in [5.74, 6) is -0.256. The first-order valence-electron chi connectivity index (χ1n) is 8.57. The predicted octanol–water partition coefficient (Wildman–Crippen LogP) is 4.66. The first-order chi connectivity index (χ1) is 13.2. The van der Waals surface area contributed by atoms with Crippen molar-refractivity contribution in [1.82, 2.24) is 20.0 Å². The first kappa shape index (κ1) is 17.6. The molecule has 3 heterocycles. The lowest BCUT2D eigenvalue weighted by Crippen LogP contribution is -2.16. The summed E-state index contributed by atoms with van der Waals surface area (Å²) in [6.07, 6.45) is 1.85.